The highest BCUT2D eigenvalue weighted by atomic mass is 32.2. The average Bonchev–Trinajstić information content (AvgIpc) is 2.52. The SMILES string of the molecule is O=C(O)C1CCCC(NC2CS(=O)(=O)CC2O)C1. The van der Waals surface area contributed by atoms with Crippen molar-refractivity contribution in [3.05, 3.63) is 0 Å². The van der Waals surface area contributed by atoms with Crippen molar-refractivity contribution in [3.63, 3.8) is 0 Å². The molecule has 3 N–H and O–H groups in total. The van der Waals surface area contributed by atoms with Crippen LogP contribution in [0.15, 0.2) is 0 Å². The fourth-order valence-corrected chi connectivity index (χ4v) is 4.61. The second-order valence-corrected chi connectivity index (χ2v) is 7.47. The Morgan fingerprint density at radius 1 is 1.22 bits per heavy atom. The Balaban J connectivity index is 1.92. The second-order valence-electron chi connectivity index (χ2n) is 5.32. The molecule has 104 valence electrons. The van der Waals surface area contributed by atoms with Gasteiger partial charge < -0.3 is 15.5 Å². The van der Waals surface area contributed by atoms with Gasteiger partial charge in [0.2, 0.25) is 0 Å². The number of rotatable bonds is 3. The van der Waals surface area contributed by atoms with E-state index in [4.69, 9.17) is 5.11 Å². The monoisotopic (exact) mass is 277 g/mol. The van der Waals surface area contributed by atoms with Crippen molar-refractivity contribution in [1.29, 1.82) is 0 Å². The third kappa shape index (κ3) is 3.21. The molecule has 0 radical (unpaired) electrons. The lowest BCUT2D eigenvalue weighted by Crippen LogP contribution is -2.47. The van der Waals surface area contributed by atoms with E-state index in [9.17, 15) is 18.3 Å². The Hall–Kier alpha value is -0.660. The maximum Gasteiger partial charge on any atom is 0.306 e. The number of carboxylic acid groups (broad SMARTS) is 1. The molecule has 2 rings (SSSR count). The molecule has 1 aliphatic heterocycles. The van der Waals surface area contributed by atoms with Gasteiger partial charge in [-0.2, -0.15) is 0 Å². The third-order valence-corrected chi connectivity index (χ3v) is 5.51. The number of aliphatic hydroxyl groups is 1. The molecule has 4 atom stereocenters. The summed E-state index contributed by atoms with van der Waals surface area (Å²) in [6.45, 7) is 0. The Morgan fingerprint density at radius 2 is 1.94 bits per heavy atom. The molecule has 0 amide bonds. The maximum absolute atomic E-state index is 11.4. The van der Waals surface area contributed by atoms with Gasteiger partial charge in [0.1, 0.15) is 0 Å². The number of aliphatic hydroxyl groups excluding tert-OH is 1. The normalized spacial score (nSPS) is 39.6. The number of sulfone groups is 1. The highest BCUT2D eigenvalue weighted by molar-refractivity contribution is 7.91. The summed E-state index contributed by atoms with van der Waals surface area (Å²) in [6, 6.07) is -0.458. The molecule has 1 saturated carbocycles. The summed E-state index contributed by atoms with van der Waals surface area (Å²) >= 11 is 0. The molecule has 0 aromatic heterocycles. The van der Waals surface area contributed by atoms with Crippen LogP contribution in [-0.2, 0) is 14.6 Å². The van der Waals surface area contributed by atoms with Crippen molar-refractivity contribution < 1.29 is 23.4 Å². The lowest BCUT2D eigenvalue weighted by Gasteiger charge is -2.30. The molecule has 2 aliphatic rings. The van der Waals surface area contributed by atoms with Crippen LogP contribution in [0.25, 0.3) is 0 Å². The molecule has 2 fully saturated rings. The van der Waals surface area contributed by atoms with E-state index in [0.29, 0.717) is 12.8 Å². The smallest absolute Gasteiger partial charge is 0.306 e. The quantitative estimate of drug-likeness (QED) is 0.635. The van der Waals surface area contributed by atoms with Gasteiger partial charge in [0.15, 0.2) is 9.84 Å². The lowest BCUT2D eigenvalue weighted by atomic mass is 9.85. The number of hydrogen-bond acceptors (Lipinski definition) is 5. The first-order valence-electron chi connectivity index (χ1n) is 6.25. The van der Waals surface area contributed by atoms with E-state index in [1.54, 1.807) is 0 Å². The van der Waals surface area contributed by atoms with Gasteiger partial charge in [0, 0.05) is 12.1 Å². The Morgan fingerprint density at radius 3 is 2.50 bits per heavy atom. The maximum atomic E-state index is 11.4. The molecular weight excluding hydrogens is 258 g/mol. The van der Waals surface area contributed by atoms with Crippen molar-refractivity contribution >= 4 is 15.8 Å². The molecule has 1 heterocycles. The van der Waals surface area contributed by atoms with E-state index < -0.39 is 28.0 Å². The molecule has 0 bridgehead atoms. The third-order valence-electron chi connectivity index (χ3n) is 3.80. The summed E-state index contributed by atoms with van der Waals surface area (Å²) in [6.07, 6.45) is 1.98. The topological polar surface area (TPSA) is 104 Å². The first-order valence-corrected chi connectivity index (χ1v) is 8.07. The number of carboxylic acids is 1. The van der Waals surface area contributed by atoms with Crippen LogP contribution in [0.3, 0.4) is 0 Å². The highest BCUT2D eigenvalue weighted by Crippen LogP contribution is 2.26. The molecule has 6 nitrogen and oxygen atoms in total. The summed E-state index contributed by atoms with van der Waals surface area (Å²) in [5, 5.41) is 21.8. The molecule has 4 unspecified atom stereocenters. The van der Waals surface area contributed by atoms with Crippen LogP contribution in [-0.4, -0.2) is 54.3 Å². The Kier molecular flexibility index (Phi) is 3.93. The minimum Gasteiger partial charge on any atom is -0.481 e. The largest absolute Gasteiger partial charge is 0.481 e. The van der Waals surface area contributed by atoms with E-state index in [0.717, 1.165) is 12.8 Å². The van der Waals surface area contributed by atoms with Gasteiger partial charge in [0.05, 0.1) is 23.5 Å². The molecule has 1 saturated heterocycles. The van der Waals surface area contributed by atoms with Crippen LogP contribution in [0.5, 0.6) is 0 Å². The van der Waals surface area contributed by atoms with E-state index >= 15 is 0 Å². The zero-order valence-corrected chi connectivity index (χ0v) is 10.9. The molecule has 0 aromatic carbocycles. The van der Waals surface area contributed by atoms with Crippen molar-refractivity contribution in [2.24, 2.45) is 5.92 Å². The molecule has 7 heteroatoms. The van der Waals surface area contributed by atoms with Crippen LogP contribution in [0.2, 0.25) is 0 Å². The Bertz CT molecular complexity index is 421. The molecule has 0 aromatic rings. The number of aliphatic carboxylic acids is 1. The summed E-state index contributed by atoms with van der Waals surface area (Å²) < 4.78 is 22.7. The van der Waals surface area contributed by atoms with Gasteiger partial charge in [-0.05, 0) is 19.3 Å². The van der Waals surface area contributed by atoms with Gasteiger partial charge >= 0.3 is 5.97 Å². The zero-order valence-electron chi connectivity index (χ0n) is 10.1. The van der Waals surface area contributed by atoms with Gasteiger partial charge in [-0.15, -0.1) is 0 Å². The number of hydrogen-bond donors (Lipinski definition) is 3. The van der Waals surface area contributed by atoms with Gasteiger partial charge in [-0.1, -0.05) is 6.42 Å². The number of carbonyl (C=O) groups is 1. The summed E-state index contributed by atoms with van der Waals surface area (Å²) in [5.74, 6) is -1.39. The summed E-state index contributed by atoms with van der Waals surface area (Å²) in [5.41, 5.74) is 0. The molecule has 1 aliphatic carbocycles. The van der Waals surface area contributed by atoms with E-state index in [2.05, 4.69) is 5.32 Å². The van der Waals surface area contributed by atoms with Crippen LogP contribution < -0.4 is 5.32 Å². The fraction of sp³-hybridized carbons (Fsp3) is 0.909. The minimum absolute atomic E-state index is 0.00667. The second kappa shape index (κ2) is 5.14. The van der Waals surface area contributed by atoms with Crippen molar-refractivity contribution in [3.8, 4) is 0 Å². The first kappa shape index (κ1) is 13.8. The van der Waals surface area contributed by atoms with E-state index in [-0.39, 0.29) is 23.5 Å². The zero-order chi connectivity index (χ0) is 13.3. The van der Waals surface area contributed by atoms with Crippen LogP contribution in [0.4, 0.5) is 0 Å². The van der Waals surface area contributed by atoms with Crippen LogP contribution in [0, 0.1) is 5.92 Å². The molecule has 18 heavy (non-hydrogen) atoms. The predicted octanol–water partition coefficient (Wildman–Crippen LogP) is -0.623. The standard InChI is InChI=1S/C11H19NO5S/c13-10-6-18(16,17)5-9(10)12-8-3-1-2-7(4-8)11(14)15/h7-10,12-13H,1-6H2,(H,14,15). The summed E-state index contributed by atoms with van der Waals surface area (Å²) in [7, 11) is -3.15. The van der Waals surface area contributed by atoms with Crippen molar-refractivity contribution in [1.82, 2.24) is 5.32 Å². The Labute approximate surface area is 106 Å². The molecule has 0 spiro atoms. The van der Waals surface area contributed by atoms with Crippen LogP contribution in [0.1, 0.15) is 25.7 Å². The van der Waals surface area contributed by atoms with Gasteiger partial charge in [-0.25, -0.2) is 8.42 Å². The van der Waals surface area contributed by atoms with Gasteiger partial charge in [-0.3, -0.25) is 4.79 Å². The molecular formula is C11H19NO5S. The van der Waals surface area contributed by atoms with E-state index in [1.807, 2.05) is 0 Å². The highest BCUT2D eigenvalue weighted by Gasteiger charge is 2.38. The average molecular weight is 277 g/mol. The minimum atomic E-state index is -3.15. The summed E-state index contributed by atoms with van der Waals surface area (Å²) in [4.78, 5) is 10.9. The lowest BCUT2D eigenvalue weighted by molar-refractivity contribution is -0.143. The van der Waals surface area contributed by atoms with Crippen molar-refractivity contribution in [2.75, 3.05) is 11.5 Å². The predicted molar refractivity (Wildman–Crippen MR) is 65.0 cm³/mol. The van der Waals surface area contributed by atoms with Crippen molar-refractivity contribution in [2.45, 2.75) is 43.9 Å². The van der Waals surface area contributed by atoms with Crippen LogP contribution >= 0.6 is 0 Å². The number of nitrogens with one attached hydrogen (secondary N) is 1. The van der Waals surface area contributed by atoms with Gasteiger partial charge in [0.25, 0.3) is 0 Å². The van der Waals surface area contributed by atoms with E-state index in [1.165, 1.54) is 0 Å². The fourth-order valence-electron chi connectivity index (χ4n) is 2.86. The first-order chi connectivity index (χ1) is 8.37.